The van der Waals surface area contributed by atoms with E-state index in [1.807, 2.05) is 48.0 Å². The van der Waals surface area contributed by atoms with Gasteiger partial charge in [-0.25, -0.2) is 9.67 Å². The Morgan fingerprint density at radius 2 is 1.89 bits per heavy atom. The van der Waals surface area contributed by atoms with E-state index in [-0.39, 0.29) is 36.8 Å². The summed E-state index contributed by atoms with van der Waals surface area (Å²) in [5.74, 6) is -0.102. The predicted molar refractivity (Wildman–Crippen MR) is 119 cm³/mol. The third-order valence-electron chi connectivity index (χ3n) is 4.34. The van der Waals surface area contributed by atoms with Crippen molar-refractivity contribution in [3.63, 3.8) is 0 Å². The number of carbonyl (C=O) groups excluding carboxylic acids is 1. The molecule has 3 rings (SSSR count). The quantitative estimate of drug-likeness (QED) is 0.607. The molecule has 0 aliphatic rings. The van der Waals surface area contributed by atoms with Crippen LogP contribution in [-0.2, 0) is 6.54 Å². The smallest absolute Gasteiger partial charge is 0.252 e. The summed E-state index contributed by atoms with van der Waals surface area (Å²) in [6, 6.07) is 12.0. The van der Waals surface area contributed by atoms with Gasteiger partial charge in [0.25, 0.3) is 5.91 Å². The van der Waals surface area contributed by atoms with Crippen molar-refractivity contribution in [2.45, 2.75) is 33.4 Å². The van der Waals surface area contributed by atoms with Crippen molar-refractivity contribution in [2.24, 2.45) is 0 Å². The van der Waals surface area contributed by atoms with E-state index < -0.39 is 0 Å². The van der Waals surface area contributed by atoms with Crippen LogP contribution in [-0.4, -0.2) is 39.8 Å². The number of halogens is 2. The van der Waals surface area contributed by atoms with Crippen LogP contribution in [0.3, 0.4) is 0 Å². The Morgan fingerprint density at radius 3 is 2.54 bits per heavy atom. The average molecular weight is 424 g/mol. The Hall–Kier alpha value is -2.15. The second-order valence-electron chi connectivity index (χ2n) is 6.29. The fourth-order valence-electron chi connectivity index (χ4n) is 2.99. The third-order valence-corrected chi connectivity index (χ3v) is 4.34. The van der Waals surface area contributed by atoms with Gasteiger partial charge in [-0.3, -0.25) is 4.79 Å². The van der Waals surface area contributed by atoms with E-state index in [2.05, 4.69) is 29.6 Å². The van der Waals surface area contributed by atoms with Gasteiger partial charge < -0.3 is 10.6 Å². The molecule has 28 heavy (non-hydrogen) atoms. The van der Waals surface area contributed by atoms with Crippen LogP contribution >= 0.6 is 24.8 Å². The zero-order valence-corrected chi connectivity index (χ0v) is 17.9. The number of fused-ring (bicyclic) bond motifs is 1. The van der Waals surface area contributed by atoms with Gasteiger partial charge in [-0.15, -0.1) is 24.8 Å². The van der Waals surface area contributed by atoms with Crippen LogP contribution < -0.4 is 10.6 Å². The van der Waals surface area contributed by atoms with Gasteiger partial charge in [0.15, 0.2) is 5.65 Å². The molecule has 6 nitrogen and oxygen atoms in total. The third kappa shape index (κ3) is 5.22. The summed E-state index contributed by atoms with van der Waals surface area (Å²) in [6.07, 6.45) is 1.73. The molecule has 2 N–H and O–H groups in total. The molecule has 0 aliphatic carbocycles. The lowest BCUT2D eigenvalue weighted by Gasteiger charge is -2.14. The Morgan fingerprint density at radius 1 is 1.18 bits per heavy atom. The largest absolute Gasteiger partial charge is 0.350 e. The molecule has 0 aliphatic heterocycles. The molecule has 0 saturated heterocycles. The lowest BCUT2D eigenvalue weighted by molar-refractivity contribution is 0.0952. The van der Waals surface area contributed by atoms with Crippen molar-refractivity contribution in [1.29, 1.82) is 0 Å². The highest BCUT2D eigenvalue weighted by Crippen LogP contribution is 2.24. The molecule has 1 atom stereocenters. The first-order chi connectivity index (χ1) is 12.6. The summed E-state index contributed by atoms with van der Waals surface area (Å²) in [4.78, 5) is 17.6. The van der Waals surface area contributed by atoms with Crippen molar-refractivity contribution in [2.75, 3.05) is 13.1 Å². The minimum absolute atomic E-state index is 0. The van der Waals surface area contributed by atoms with E-state index >= 15 is 0 Å². The molecular formula is C20H27Cl2N5O. The highest BCUT2D eigenvalue weighted by atomic mass is 35.5. The van der Waals surface area contributed by atoms with Gasteiger partial charge >= 0.3 is 0 Å². The van der Waals surface area contributed by atoms with Crippen LogP contribution in [0, 0.1) is 0 Å². The first-order valence-electron chi connectivity index (χ1n) is 9.07. The number of nitrogens with one attached hydrogen (secondary N) is 2. The van der Waals surface area contributed by atoms with Gasteiger partial charge in [-0.2, -0.15) is 5.10 Å². The molecule has 0 fully saturated rings. The minimum Gasteiger partial charge on any atom is -0.350 e. The number of pyridine rings is 1. The summed E-state index contributed by atoms with van der Waals surface area (Å²) >= 11 is 0. The maximum absolute atomic E-state index is 12.8. The summed E-state index contributed by atoms with van der Waals surface area (Å²) in [5, 5.41) is 11.5. The van der Waals surface area contributed by atoms with Gasteiger partial charge in [-0.1, -0.05) is 37.3 Å². The Balaban J connectivity index is 0.00000196. The zero-order chi connectivity index (χ0) is 18.5. The second kappa shape index (κ2) is 11.0. The zero-order valence-electron chi connectivity index (χ0n) is 16.3. The fraction of sp³-hybridized carbons (Fsp3) is 0.350. The average Bonchev–Trinajstić information content (AvgIpc) is 3.09. The van der Waals surface area contributed by atoms with E-state index in [1.54, 1.807) is 6.20 Å². The predicted octanol–water partition coefficient (Wildman–Crippen LogP) is 3.69. The number of aryl methyl sites for hydroxylation is 1. The molecule has 0 bridgehead atoms. The SMILES string of the molecule is CCN[C@H](C)CNC(=O)c1cc(-c2ccccc2)nc2c1cnn2CC.Cl.Cl. The monoisotopic (exact) mass is 423 g/mol. The van der Waals surface area contributed by atoms with E-state index in [1.165, 1.54) is 0 Å². The highest BCUT2D eigenvalue weighted by Gasteiger charge is 2.17. The molecule has 2 heterocycles. The van der Waals surface area contributed by atoms with E-state index in [0.29, 0.717) is 18.7 Å². The molecule has 0 saturated carbocycles. The molecule has 1 amide bonds. The van der Waals surface area contributed by atoms with E-state index in [9.17, 15) is 4.79 Å². The molecule has 3 aromatic rings. The summed E-state index contributed by atoms with van der Waals surface area (Å²) in [5.41, 5.74) is 3.10. The van der Waals surface area contributed by atoms with Crippen LogP contribution in [0.4, 0.5) is 0 Å². The van der Waals surface area contributed by atoms with Crippen molar-refractivity contribution >= 4 is 41.8 Å². The topological polar surface area (TPSA) is 71.8 Å². The van der Waals surface area contributed by atoms with Gasteiger partial charge in [0, 0.05) is 24.7 Å². The normalized spacial score (nSPS) is 11.4. The molecule has 8 heteroatoms. The fourth-order valence-corrected chi connectivity index (χ4v) is 2.99. The minimum atomic E-state index is -0.102. The van der Waals surface area contributed by atoms with Crippen LogP contribution in [0.2, 0.25) is 0 Å². The number of likely N-dealkylation sites (N-methyl/N-ethyl adjacent to an activating group) is 1. The van der Waals surface area contributed by atoms with E-state index in [0.717, 1.165) is 28.8 Å². The van der Waals surface area contributed by atoms with E-state index in [4.69, 9.17) is 4.98 Å². The highest BCUT2D eigenvalue weighted by molar-refractivity contribution is 6.06. The number of aromatic nitrogens is 3. The first kappa shape index (κ1) is 23.9. The Kier molecular flexibility index (Phi) is 9.38. The van der Waals surface area contributed by atoms with Crippen LogP contribution in [0.15, 0.2) is 42.6 Å². The molecule has 0 unspecified atom stereocenters. The van der Waals surface area contributed by atoms with Crippen LogP contribution in [0.5, 0.6) is 0 Å². The standard InChI is InChI=1S/C20H25N5O.2ClH/c1-4-21-14(3)12-22-20(26)16-11-18(15-9-7-6-8-10-15)24-19-17(16)13-23-25(19)5-2;;/h6-11,13-14,21H,4-5,12H2,1-3H3,(H,22,26);2*1H/t14-;;/m1../s1. The number of nitrogens with zero attached hydrogens (tertiary/aromatic N) is 3. The van der Waals surface area contributed by atoms with Gasteiger partial charge in [0.1, 0.15) is 0 Å². The second-order valence-corrected chi connectivity index (χ2v) is 6.29. The first-order valence-corrected chi connectivity index (χ1v) is 9.07. The summed E-state index contributed by atoms with van der Waals surface area (Å²) in [6.45, 7) is 8.26. The van der Waals surface area contributed by atoms with Crippen LogP contribution in [0.25, 0.3) is 22.3 Å². The van der Waals surface area contributed by atoms with Crippen molar-refractivity contribution in [3.8, 4) is 11.3 Å². The number of hydrogen-bond acceptors (Lipinski definition) is 4. The number of rotatable bonds is 7. The maximum atomic E-state index is 12.8. The lowest BCUT2D eigenvalue weighted by atomic mass is 10.1. The maximum Gasteiger partial charge on any atom is 0.252 e. The number of amides is 1. The lowest BCUT2D eigenvalue weighted by Crippen LogP contribution is -2.38. The molecular weight excluding hydrogens is 397 g/mol. The summed E-state index contributed by atoms with van der Waals surface area (Å²) < 4.78 is 1.82. The van der Waals surface area contributed by atoms with Crippen LogP contribution in [0.1, 0.15) is 31.1 Å². The molecule has 0 radical (unpaired) electrons. The number of hydrogen-bond donors (Lipinski definition) is 2. The van der Waals surface area contributed by atoms with Crippen molar-refractivity contribution in [1.82, 2.24) is 25.4 Å². The Bertz CT molecular complexity index is 898. The molecule has 2 aromatic heterocycles. The molecule has 1 aromatic carbocycles. The Labute approximate surface area is 177 Å². The van der Waals surface area contributed by atoms with Gasteiger partial charge in [0.2, 0.25) is 0 Å². The van der Waals surface area contributed by atoms with Gasteiger partial charge in [-0.05, 0) is 26.5 Å². The van der Waals surface area contributed by atoms with Gasteiger partial charge in [0.05, 0.1) is 22.8 Å². The summed E-state index contributed by atoms with van der Waals surface area (Å²) in [7, 11) is 0. The van der Waals surface area contributed by atoms with Crippen molar-refractivity contribution < 1.29 is 4.79 Å². The number of benzene rings is 1. The van der Waals surface area contributed by atoms with Crippen molar-refractivity contribution in [3.05, 3.63) is 48.2 Å². The number of carbonyl (C=O) groups is 1. The molecule has 152 valence electrons. The molecule has 0 spiro atoms.